The quantitative estimate of drug-likeness (QED) is 0.526. The second-order valence-corrected chi connectivity index (χ2v) is 4.29. The predicted molar refractivity (Wildman–Crippen MR) is 74.7 cm³/mol. The normalized spacial score (nSPS) is 11.0. The van der Waals surface area contributed by atoms with Crippen LogP contribution in [0.25, 0.3) is 0 Å². The number of ether oxygens (including phenoxy) is 2. The maximum absolute atomic E-state index is 5.83. The summed E-state index contributed by atoms with van der Waals surface area (Å²) in [5.41, 5.74) is 6.88. The van der Waals surface area contributed by atoms with E-state index in [9.17, 15) is 0 Å². The number of hydrogen-bond acceptors (Lipinski definition) is 5. The number of anilines is 1. The van der Waals surface area contributed by atoms with E-state index >= 15 is 0 Å². The number of rotatable bonds is 4. The van der Waals surface area contributed by atoms with E-state index in [-0.39, 0.29) is 0 Å². The molecular weight excluding hydrogens is 258 g/mol. The molecule has 1 aromatic carbocycles. The van der Waals surface area contributed by atoms with Crippen molar-refractivity contribution in [2.75, 3.05) is 20.0 Å². The average Bonchev–Trinajstić information content (AvgIpc) is 2.76. The van der Waals surface area contributed by atoms with Gasteiger partial charge in [-0.15, -0.1) is 0 Å². The average molecular weight is 276 g/mol. The molecule has 0 saturated heterocycles. The minimum absolute atomic E-state index is 0.493. The third kappa shape index (κ3) is 2.56. The minimum atomic E-state index is 0.493. The Morgan fingerprint density at radius 2 is 1.85 bits per heavy atom. The summed E-state index contributed by atoms with van der Waals surface area (Å²) in [5.74, 6) is 1.79. The van der Waals surface area contributed by atoms with E-state index in [2.05, 4.69) is 10.2 Å². The summed E-state index contributed by atoms with van der Waals surface area (Å²) in [5, 5.41) is 8.44. The molecule has 0 aliphatic rings. The first-order valence-electron chi connectivity index (χ1n) is 6.01. The van der Waals surface area contributed by atoms with Gasteiger partial charge in [-0.1, -0.05) is 5.11 Å². The van der Waals surface area contributed by atoms with Crippen molar-refractivity contribution < 1.29 is 14.0 Å². The van der Waals surface area contributed by atoms with Gasteiger partial charge in [0.25, 0.3) is 0 Å². The highest BCUT2D eigenvalue weighted by Gasteiger charge is 2.13. The zero-order chi connectivity index (χ0) is 14.7. The number of nitrogens with two attached hydrogens (primary N) is 1. The van der Waals surface area contributed by atoms with Crippen molar-refractivity contribution in [2.45, 2.75) is 0 Å². The first kappa shape index (κ1) is 13.9. The van der Waals surface area contributed by atoms with Gasteiger partial charge in [-0.3, -0.25) is 0 Å². The van der Waals surface area contributed by atoms with Crippen LogP contribution >= 0.6 is 0 Å². The maximum Gasteiger partial charge on any atom is 0.421 e. The summed E-state index contributed by atoms with van der Waals surface area (Å²) < 4.78 is 14.2. The SMILES string of the molecule is COc1cc(N=Nc2n(C)cc[n+]2C)c(OC)cc1N. The predicted octanol–water partition coefficient (Wildman–Crippen LogP) is 1.86. The molecule has 1 aromatic heterocycles. The third-order valence-electron chi connectivity index (χ3n) is 2.92. The molecule has 0 fully saturated rings. The van der Waals surface area contributed by atoms with Gasteiger partial charge < -0.3 is 15.2 Å². The summed E-state index contributed by atoms with van der Waals surface area (Å²) in [6, 6.07) is 3.36. The van der Waals surface area contributed by atoms with Crippen LogP contribution in [0.4, 0.5) is 17.3 Å². The third-order valence-corrected chi connectivity index (χ3v) is 2.92. The highest BCUT2D eigenvalue weighted by molar-refractivity contribution is 5.66. The van der Waals surface area contributed by atoms with E-state index in [0.717, 1.165) is 0 Å². The Hall–Kier alpha value is -2.57. The molecule has 0 spiro atoms. The van der Waals surface area contributed by atoms with Gasteiger partial charge in [-0.05, 0) is 0 Å². The van der Waals surface area contributed by atoms with Crippen molar-refractivity contribution in [2.24, 2.45) is 24.3 Å². The molecule has 20 heavy (non-hydrogen) atoms. The van der Waals surface area contributed by atoms with Crippen LogP contribution in [-0.4, -0.2) is 18.8 Å². The van der Waals surface area contributed by atoms with Crippen LogP contribution in [0.3, 0.4) is 0 Å². The van der Waals surface area contributed by atoms with Gasteiger partial charge in [0, 0.05) is 17.2 Å². The molecule has 0 radical (unpaired) electrons. The molecule has 0 atom stereocenters. The lowest BCUT2D eigenvalue weighted by Crippen LogP contribution is -2.25. The smallest absolute Gasteiger partial charge is 0.421 e. The topological polar surface area (TPSA) is 78.0 Å². The van der Waals surface area contributed by atoms with Crippen molar-refractivity contribution in [1.29, 1.82) is 0 Å². The van der Waals surface area contributed by atoms with E-state index < -0.39 is 0 Å². The van der Waals surface area contributed by atoms with E-state index in [1.807, 2.05) is 35.6 Å². The number of methoxy groups -OCH3 is 2. The molecule has 2 N–H and O–H groups in total. The number of nitrogens with zero attached hydrogens (tertiary/aromatic N) is 4. The Bertz CT molecular complexity index is 629. The van der Waals surface area contributed by atoms with Gasteiger partial charge in [0.15, 0.2) is 0 Å². The van der Waals surface area contributed by atoms with Crippen LogP contribution in [0, 0.1) is 0 Å². The Morgan fingerprint density at radius 1 is 1.15 bits per heavy atom. The van der Waals surface area contributed by atoms with Gasteiger partial charge >= 0.3 is 5.95 Å². The molecule has 7 heteroatoms. The number of aromatic nitrogens is 2. The van der Waals surface area contributed by atoms with E-state index in [1.54, 1.807) is 26.4 Å². The van der Waals surface area contributed by atoms with Crippen molar-refractivity contribution in [1.82, 2.24) is 4.57 Å². The summed E-state index contributed by atoms with van der Waals surface area (Å²) in [7, 11) is 6.91. The van der Waals surface area contributed by atoms with E-state index in [0.29, 0.717) is 28.8 Å². The van der Waals surface area contributed by atoms with Crippen molar-refractivity contribution >= 4 is 17.3 Å². The molecule has 1 heterocycles. The molecule has 0 bridgehead atoms. The van der Waals surface area contributed by atoms with Gasteiger partial charge in [0.05, 0.1) is 46.4 Å². The number of azo groups is 1. The molecule has 106 valence electrons. The van der Waals surface area contributed by atoms with Gasteiger partial charge in [-0.2, -0.15) is 0 Å². The lowest BCUT2D eigenvalue weighted by molar-refractivity contribution is -0.657. The van der Waals surface area contributed by atoms with Gasteiger partial charge in [0.1, 0.15) is 17.2 Å². The molecular formula is C13H18N5O2+. The number of benzene rings is 1. The van der Waals surface area contributed by atoms with Crippen LogP contribution in [0.1, 0.15) is 0 Å². The second kappa shape index (κ2) is 5.60. The van der Waals surface area contributed by atoms with Crippen LogP contribution in [0.5, 0.6) is 11.5 Å². The Labute approximate surface area is 117 Å². The fourth-order valence-electron chi connectivity index (χ4n) is 1.81. The summed E-state index contributed by atoms with van der Waals surface area (Å²) in [4.78, 5) is 0. The second-order valence-electron chi connectivity index (χ2n) is 4.29. The van der Waals surface area contributed by atoms with Crippen molar-refractivity contribution in [3.63, 3.8) is 0 Å². The Balaban J connectivity index is 2.42. The molecule has 0 aliphatic heterocycles. The molecule has 7 nitrogen and oxygen atoms in total. The lowest BCUT2D eigenvalue weighted by Gasteiger charge is -2.08. The number of nitrogen functional groups attached to an aromatic ring is 1. The van der Waals surface area contributed by atoms with Crippen LogP contribution in [-0.2, 0) is 14.1 Å². The first-order valence-corrected chi connectivity index (χ1v) is 6.01. The fourth-order valence-corrected chi connectivity index (χ4v) is 1.81. The van der Waals surface area contributed by atoms with Crippen LogP contribution < -0.4 is 19.8 Å². The summed E-state index contributed by atoms with van der Waals surface area (Å²) in [6.45, 7) is 0. The Morgan fingerprint density at radius 3 is 2.40 bits per heavy atom. The largest absolute Gasteiger partial charge is 0.495 e. The number of aryl methyl sites for hydroxylation is 2. The highest BCUT2D eigenvalue weighted by atomic mass is 16.5. The van der Waals surface area contributed by atoms with Crippen molar-refractivity contribution in [3.05, 3.63) is 24.5 Å². The van der Waals surface area contributed by atoms with Crippen LogP contribution in [0.2, 0.25) is 0 Å². The summed E-state index contributed by atoms with van der Waals surface area (Å²) >= 11 is 0. The molecule has 0 amide bonds. The minimum Gasteiger partial charge on any atom is -0.495 e. The molecule has 2 rings (SSSR count). The van der Waals surface area contributed by atoms with Gasteiger partial charge in [-0.25, -0.2) is 9.13 Å². The fraction of sp³-hybridized carbons (Fsp3) is 0.308. The molecule has 0 unspecified atom stereocenters. The Kier molecular flexibility index (Phi) is 3.88. The highest BCUT2D eigenvalue weighted by Crippen LogP contribution is 2.36. The molecule has 2 aromatic rings. The number of imidazole rings is 1. The van der Waals surface area contributed by atoms with Gasteiger partial charge in [0.2, 0.25) is 0 Å². The molecule has 0 saturated carbocycles. The van der Waals surface area contributed by atoms with Crippen molar-refractivity contribution in [3.8, 4) is 11.5 Å². The monoisotopic (exact) mass is 276 g/mol. The maximum atomic E-state index is 5.83. The standard InChI is InChI=1S/C13H17N5O2/c1-17-5-6-18(2)13(17)16-15-10-8-11(19-3)9(14)7-12(10)20-4/h5-8,14H,1-4H3/p+1. The first-order chi connectivity index (χ1) is 9.56. The molecule has 0 aliphatic carbocycles. The zero-order valence-electron chi connectivity index (χ0n) is 12.0. The zero-order valence-corrected chi connectivity index (χ0v) is 12.0. The van der Waals surface area contributed by atoms with Crippen LogP contribution in [0.15, 0.2) is 34.8 Å². The lowest BCUT2D eigenvalue weighted by atomic mass is 10.2. The summed E-state index contributed by atoms with van der Waals surface area (Å²) in [6.07, 6.45) is 3.80. The van der Waals surface area contributed by atoms with E-state index in [1.165, 1.54) is 0 Å². The number of hydrogen-bond donors (Lipinski definition) is 1. The van der Waals surface area contributed by atoms with E-state index in [4.69, 9.17) is 15.2 Å².